The van der Waals surface area contributed by atoms with Gasteiger partial charge in [-0.15, -0.1) is 0 Å². The number of benzene rings is 1. The molecule has 0 amide bonds. The maximum Gasteiger partial charge on any atom is 0.176 e. The third kappa shape index (κ3) is 2.50. The lowest BCUT2D eigenvalue weighted by atomic mass is 10.1. The van der Waals surface area contributed by atoms with E-state index in [4.69, 9.17) is 0 Å². The van der Waals surface area contributed by atoms with Crippen LogP contribution >= 0.6 is 0 Å². The van der Waals surface area contributed by atoms with Gasteiger partial charge in [-0.05, 0) is 25.8 Å². The lowest BCUT2D eigenvalue weighted by Crippen LogP contribution is -2.33. The van der Waals surface area contributed by atoms with Crippen LogP contribution in [0.15, 0.2) is 30.3 Å². The maximum atomic E-state index is 12.0. The van der Waals surface area contributed by atoms with Gasteiger partial charge in [-0.2, -0.15) is 0 Å². The molecule has 0 aromatic heterocycles. The molecule has 1 atom stereocenters. The van der Waals surface area contributed by atoms with Crippen molar-refractivity contribution < 1.29 is 4.79 Å². The molecule has 2 heteroatoms. The summed E-state index contributed by atoms with van der Waals surface area (Å²) >= 11 is 0. The predicted molar refractivity (Wildman–Crippen MR) is 65.7 cm³/mol. The van der Waals surface area contributed by atoms with Gasteiger partial charge in [0.25, 0.3) is 0 Å². The van der Waals surface area contributed by atoms with Crippen LogP contribution in [0.3, 0.4) is 0 Å². The van der Waals surface area contributed by atoms with Crippen LogP contribution in [-0.2, 0) is 0 Å². The molecule has 2 rings (SSSR count). The van der Waals surface area contributed by atoms with Gasteiger partial charge in [-0.3, -0.25) is 9.69 Å². The lowest BCUT2D eigenvalue weighted by Gasteiger charge is -2.22. The van der Waals surface area contributed by atoms with E-state index in [1.807, 2.05) is 30.3 Å². The standard InChI is InChI=1S/C14H19NO/c1-2-13-9-6-10-15(13)11-14(16)12-7-4-3-5-8-12/h3-5,7-8,13H,2,6,9-11H2,1H3. The van der Waals surface area contributed by atoms with Crippen LogP contribution in [0.2, 0.25) is 0 Å². The first-order valence-electron chi connectivity index (χ1n) is 6.13. The Morgan fingerprint density at radius 1 is 1.38 bits per heavy atom. The molecule has 1 fully saturated rings. The zero-order valence-electron chi connectivity index (χ0n) is 9.86. The molecule has 16 heavy (non-hydrogen) atoms. The first-order chi connectivity index (χ1) is 7.81. The van der Waals surface area contributed by atoms with Gasteiger partial charge in [0.15, 0.2) is 5.78 Å². The van der Waals surface area contributed by atoms with Gasteiger partial charge in [0.1, 0.15) is 0 Å². The van der Waals surface area contributed by atoms with Gasteiger partial charge in [0.2, 0.25) is 0 Å². The summed E-state index contributed by atoms with van der Waals surface area (Å²) in [4.78, 5) is 14.3. The second-order valence-corrected chi connectivity index (χ2v) is 4.46. The van der Waals surface area contributed by atoms with E-state index >= 15 is 0 Å². The monoisotopic (exact) mass is 217 g/mol. The van der Waals surface area contributed by atoms with Crippen LogP contribution in [0.25, 0.3) is 0 Å². The van der Waals surface area contributed by atoms with Gasteiger partial charge in [-0.1, -0.05) is 37.3 Å². The van der Waals surface area contributed by atoms with Crippen LogP contribution in [0.1, 0.15) is 36.5 Å². The molecule has 1 aromatic rings. The Morgan fingerprint density at radius 3 is 2.81 bits per heavy atom. The number of hydrogen-bond donors (Lipinski definition) is 0. The van der Waals surface area contributed by atoms with Gasteiger partial charge >= 0.3 is 0 Å². The fourth-order valence-corrected chi connectivity index (χ4v) is 2.47. The van der Waals surface area contributed by atoms with E-state index in [1.165, 1.54) is 12.8 Å². The predicted octanol–water partition coefficient (Wildman–Crippen LogP) is 2.74. The van der Waals surface area contributed by atoms with Gasteiger partial charge in [0, 0.05) is 11.6 Å². The maximum absolute atomic E-state index is 12.0. The lowest BCUT2D eigenvalue weighted by molar-refractivity contribution is 0.0920. The van der Waals surface area contributed by atoms with E-state index in [0.717, 1.165) is 18.5 Å². The third-order valence-electron chi connectivity index (χ3n) is 3.41. The van der Waals surface area contributed by atoms with E-state index < -0.39 is 0 Å². The minimum Gasteiger partial charge on any atom is -0.293 e. The summed E-state index contributed by atoms with van der Waals surface area (Å²) in [5.74, 6) is 0.251. The first kappa shape index (κ1) is 11.3. The highest BCUT2D eigenvalue weighted by molar-refractivity contribution is 5.97. The van der Waals surface area contributed by atoms with E-state index in [-0.39, 0.29) is 5.78 Å². The van der Waals surface area contributed by atoms with Crippen molar-refractivity contribution in [1.82, 2.24) is 4.90 Å². The van der Waals surface area contributed by atoms with E-state index in [1.54, 1.807) is 0 Å². The van der Waals surface area contributed by atoms with Crippen molar-refractivity contribution in [3.63, 3.8) is 0 Å². The Kier molecular flexibility index (Phi) is 3.73. The third-order valence-corrected chi connectivity index (χ3v) is 3.41. The van der Waals surface area contributed by atoms with E-state index in [0.29, 0.717) is 12.6 Å². The normalized spacial score (nSPS) is 21.2. The average Bonchev–Trinajstić information content (AvgIpc) is 2.77. The highest BCUT2D eigenvalue weighted by Gasteiger charge is 2.24. The fourth-order valence-electron chi connectivity index (χ4n) is 2.47. The summed E-state index contributed by atoms with van der Waals surface area (Å²) in [6, 6.07) is 10.2. The van der Waals surface area contributed by atoms with Crippen molar-refractivity contribution in [3.05, 3.63) is 35.9 Å². The minimum atomic E-state index is 0.251. The fraction of sp³-hybridized carbons (Fsp3) is 0.500. The Bertz CT molecular complexity index is 347. The highest BCUT2D eigenvalue weighted by Crippen LogP contribution is 2.19. The first-order valence-corrected chi connectivity index (χ1v) is 6.13. The van der Waals surface area contributed by atoms with E-state index in [9.17, 15) is 4.79 Å². The Hall–Kier alpha value is -1.15. The molecule has 0 N–H and O–H groups in total. The molecule has 86 valence electrons. The van der Waals surface area contributed by atoms with Crippen molar-refractivity contribution >= 4 is 5.78 Å². The molecule has 2 nitrogen and oxygen atoms in total. The topological polar surface area (TPSA) is 20.3 Å². The molecule has 1 aromatic carbocycles. The number of ketones is 1. The number of nitrogens with zero attached hydrogens (tertiary/aromatic N) is 1. The summed E-state index contributed by atoms with van der Waals surface area (Å²) in [5, 5.41) is 0. The summed E-state index contributed by atoms with van der Waals surface area (Å²) in [7, 11) is 0. The molecule has 0 spiro atoms. The second kappa shape index (κ2) is 5.26. The molecule has 1 saturated heterocycles. The van der Waals surface area contributed by atoms with Crippen LogP contribution in [-0.4, -0.2) is 29.8 Å². The van der Waals surface area contributed by atoms with E-state index in [2.05, 4.69) is 11.8 Å². The number of carbonyl (C=O) groups excluding carboxylic acids is 1. The Labute approximate surface area is 97.3 Å². The number of Topliss-reactive ketones (excluding diaryl/α,β-unsaturated/α-hetero) is 1. The van der Waals surface area contributed by atoms with Crippen molar-refractivity contribution in [1.29, 1.82) is 0 Å². The molecule has 0 aliphatic carbocycles. The van der Waals surface area contributed by atoms with Crippen molar-refractivity contribution in [2.24, 2.45) is 0 Å². The molecule has 1 unspecified atom stereocenters. The minimum absolute atomic E-state index is 0.251. The smallest absolute Gasteiger partial charge is 0.176 e. The number of hydrogen-bond acceptors (Lipinski definition) is 2. The van der Waals surface area contributed by atoms with Crippen LogP contribution < -0.4 is 0 Å². The zero-order chi connectivity index (χ0) is 11.4. The van der Waals surface area contributed by atoms with Crippen molar-refractivity contribution in [2.45, 2.75) is 32.2 Å². The summed E-state index contributed by atoms with van der Waals surface area (Å²) in [6.45, 7) is 3.87. The number of rotatable bonds is 4. The number of likely N-dealkylation sites (tertiary alicyclic amines) is 1. The van der Waals surface area contributed by atoms with Crippen LogP contribution in [0, 0.1) is 0 Å². The molecule has 1 heterocycles. The molecule has 0 bridgehead atoms. The SMILES string of the molecule is CCC1CCCN1CC(=O)c1ccccc1. The highest BCUT2D eigenvalue weighted by atomic mass is 16.1. The molecular formula is C14H19NO. The average molecular weight is 217 g/mol. The molecule has 1 aliphatic heterocycles. The molecular weight excluding hydrogens is 198 g/mol. The Balaban J connectivity index is 1.97. The Morgan fingerprint density at radius 2 is 2.12 bits per heavy atom. The second-order valence-electron chi connectivity index (χ2n) is 4.46. The van der Waals surface area contributed by atoms with Crippen LogP contribution in [0.5, 0.6) is 0 Å². The summed E-state index contributed by atoms with van der Waals surface area (Å²) < 4.78 is 0. The van der Waals surface area contributed by atoms with Gasteiger partial charge < -0.3 is 0 Å². The van der Waals surface area contributed by atoms with Crippen LogP contribution in [0.4, 0.5) is 0 Å². The zero-order valence-corrected chi connectivity index (χ0v) is 9.86. The van der Waals surface area contributed by atoms with Gasteiger partial charge in [-0.25, -0.2) is 0 Å². The largest absolute Gasteiger partial charge is 0.293 e. The summed E-state index contributed by atoms with van der Waals surface area (Å²) in [5.41, 5.74) is 0.837. The van der Waals surface area contributed by atoms with Gasteiger partial charge in [0.05, 0.1) is 6.54 Å². The molecule has 1 aliphatic rings. The van der Waals surface area contributed by atoms with Crippen molar-refractivity contribution in [3.8, 4) is 0 Å². The quantitative estimate of drug-likeness (QED) is 0.723. The molecule has 0 saturated carbocycles. The summed E-state index contributed by atoms with van der Waals surface area (Å²) in [6.07, 6.45) is 3.64. The van der Waals surface area contributed by atoms with Crippen molar-refractivity contribution in [2.75, 3.05) is 13.1 Å². The molecule has 0 radical (unpaired) electrons. The number of carbonyl (C=O) groups is 1.